The van der Waals surface area contributed by atoms with Crippen molar-refractivity contribution >= 4 is 46.3 Å². The van der Waals surface area contributed by atoms with Crippen molar-refractivity contribution in [2.24, 2.45) is 0 Å². The third kappa shape index (κ3) is 4.07. The molecular weight excluding hydrogens is 385 g/mol. The van der Waals surface area contributed by atoms with Crippen molar-refractivity contribution in [2.45, 2.75) is 0 Å². The Bertz CT molecular complexity index is 947. The summed E-state index contributed by atoms with van der Waals surface area (Å²) in [4.78, 5) is 20.1. The fourth-order valence-corrected chi connectivity index (χ4v) is 2.37. The average Bonchev–Trinajstić information content (AvgIpc) is 2.62. The van der Waals surface area contributed by atoms with Crippen LogP contribution in [-0.2, 0) is 0 Å². The number of hydrogen-bond donors (Lipinski definition) is 2. The Hall–Kier alpha value is -2.77. The van der Waals surface area contributed by atoms with Gasteiger partial charge >= 0.3 is 0 Å². The van der Waals surface area contributed by atoms with Crippen LogP contribution in [0.4, 0.5) is 26.0 Å². The molecule has 26 heavy (non-hydrogen) atoms. The zero-order chi connectivity index (χ0) is 18.7. The average molecular weight is 395 g/mol. The van der Waals surface area contributed by atoms with Crippen LogP contribution in [0.15, 0.2) is 48.8 Å². The fraction of sp³-hybridized carbons (Fsp3) is 0. The summed E-state index contributed by atoms with van der Waals surface area (Å²) in [5.41, 5.74) is -0.0492. The molecule has 0 spiro atoms. The zero-order valence-electron chi connectivity index (χ0n) is 12.9. The van der Waals surface area contributed by atoms with E-state index in [0.717, 1.165) is 18.3 Å². The van der Waals surface area contributed by atoms with Crippen molar-refractivity contribution in [3.63, 3.8) is 0 Å². The highest BCUT2D eigenvalue weighted by Gasteiger charge is 2.13. The minimum atomic E-state index is -0.774. The van der Waals surface area contributed by atoms with E-state index in [0.29, 0.717) is 15.7 Å². The van der Waals surface area contributed by atoms with Gasteiger partial charge < -0.3 is 10.6 Å². The molecule has 0 bridgehead atoms. The summed E-state index contributed by atoms with van der Waals surface area (Å²) in [6, 6.07) is 8.08. The molecule has 0 fully saturated rings. The van der Waals surface area contributed by atoms with Crippen LogP contribution in [0.25, 0.3) is 0 Å². The van der Waals surface area contributed by atoms with Gasteiger partial charge in [0.2, 0.25) is 0 Å². The quantitative estimate of drug-likeness (QED) is 0.648. The Morgan fingerprint density at radius 1 is 1.00 bits per heavy atom. The lowest BCUT2D eigenvalue weighted by atomic mass is 10.3. The van der Waals surface area contributed by atoms with Gasteiger partial charge in [-0.1, -0.05) is 29.3 Å². The second kappa shape index (κ2) is 7.63. The maximum Gasteiger partial charge on any atom is 0.275 e. The van der Waals surface area contributed by atoms with Crippen LogP contribution < -0.4 is 10.6 Å². The highest BCUT2D eigenvalue weighted by Crippen LogP contribution is 2.26. The van der Waals surface area contributed by atoms with Gasteiger partial charge in [0.25, 0.3) is 5.91 Å². The maximum absolute atomic E-state index is 13.6. The van der Waals surface area contributed by atoms with Crippen LogP contribution in [0, 0.1) is 11.6 Å². The van der Waals surface area contributed by atoms with Crippen LogP contribution in [0.2, 0.25) is 10.0 Å². The number of halogens is 4. The number of benzene rings is 2. The van der Waals surface area contributed by atoms with E-state index in [4.69, 9.17) is 23.2 Å². The number of nitrogens with one attached hydrogen (secondary N) is 2. The summed E-state index contributed by atoms with van der Waals surface area (Å²) >= 11 is 11.8. The molecule has 0 saturated carbocycles. The molecule has 1 heterocycles. The molecule has 3 aromatic rings. The number of nitrogens with zero attached hydrogens (tertiary/aromatic N) is 2. The predicted octanol–water partition coefficient (Wildman–Crippen LogP) is 5.06. The largest absolute Gasteiger partial charge is 0.334 e. The van der Waals surface area contributed by atoms with Crippen LogP contribution >= 0.6 is 23.2 Å². The second-order valence-electron chi connectivity index (χ2n) is 5.09. The van der Waals surface area contributed by atoms with E-state index in [9.17, 15) is 13.6 Å². The topological polar surface area (TPSA) is 66.9 Å². The van der Waals surface area contributed by atoms with Crippen LogP contribution in [0.3, 0.4) is 0 Å². The molecule has 1 aromatic heterocycles. The van der Waals surface area contributed by atoms with E-state index in [-0.39, 0.29) is 17.2 Å². The number of rotatable bonds is 4. The first kappa shape index (κ1) is 18.0. The van der Waals surface area contributed by atoms with Crippen molar-refractivity contribution in [2.75, 3.05) is 10.6 Å². The first-order valence-electron chi connectivity index (χ1n) is 7.23. The van der Waals surface area contributed by atoms with Gasteiger partial charge in [-0.3, -0.25) is 4.79 Å². The minimum absolute atomic E-state index is 0.0133. The monoisotopic (exact) mass is 394 g/mol. The lowest BCUT2D eigenvalue weighted by Crippen LogP contribution is -2.14. The molecule has 132 valence electrons. The summed E-state index contributed by atoms with van der Waals surface area (Å²) < 4.78 is 27.2. The van der Waals surface area contributed by atoms with Gasteiger partial charge in [0.1, 0.15) is 28.8 Å². The van der Waals surface area contributed by atoms with E-state index in [1.807, 2.05) is 0 Å². The Kier molecular flexibility index (Phi) is 5.29. The molecule has 1 amide bonds. The minimum Gasteiger partial charge on any atom is -0.334 e. The fourth-order valence-electron chi connectivity index (χ4n) is 2.03. The van der Waals surface area contributed by atoms with Gasteiger partial charge in [0.15, 0.2) is 0 Å². The summed E-state index contributed by atoms with van der Waals surface area (Å²) in [6.07, 6.45) is 2.34. The second-order valence-corrected chi connectivity index (χ2v) is 5.93. The molecule has 0 radical (unpaired) electrons. The predicted molar refractivity (Wildman–Crippen MR) is 96.1 cm³/mol. The number of aromatic nitrogens is 2. The molecule has 2 aromatic carbocycles. The van der Waals surface area contributed by atoms with Crippen molar-refractivity contribution in [3.8, 4) is 0 Å². The van der Waals surface area contributed by atoms with Gasteiger partial charge in [-0.2, -0.15) is 0 Å². The summed E-state index contributed by atoms with van der Waals surface area (Å²) in [5.74, 6) is -2.04. The maximum atomic E-state index is 13.6. The van der Waals surface area contributed by atoms with Crippen LogP contribution in [-0.4, -0.2) is 15.9 Å². The van der Waals surface area contributed by atoms with E-state index >= 15 is 0 Å². The SMILES string of the molecule is O=C(Nc1cc(Cl)ccc1Cl)c1cnc(Nc2c(F)cccc2F)cn1. The van der Waals surface area contributed by atoms with Gasteiger partial charge in [0, 0.05) is 5.02 Å². The summed E-state index contributed by atoms with van der Waals surface area (Å²) in [6.45, 7) is 0. The smallest absolute Gasteiger partial charge is 0.275 e. The van der Waals surface area contributed by atoms with Crippen molar-refractivity contribution in [1.82, 2.24) is 9.97 Å². The third-order valence-electron chi connectivity index (χ3n) is 3.28. The molecule has 0 aliphatic heterocycles. The highest BCUT2D eigenvalue weighted by atomic mass is 35.5. The van der Waals surface area contributed by atoms with Gasteiger partial charge in [-0.05, 0) is 30.3 Å². The molecule has 0 unspecified atom stereocenters. The Balaban J connectivity index is 1.75. The molecule has 0 aliphatic carbocycles. The highest BCUT2D eigenvalue weighted by molar-refractivity contribution is 6.35. The number of hydrogen-bond acceptors (Lipinski definition) is 4. The Labute approximate surface area is 157 Å². The number of amides is 1. The molecule has 2 N–H and O–H groups in total. The number of anilines is 3. The lowest BCUT2D eigenvalue weighted by Gasteiger charge is -2.09. The van der Waals surface area contributed by atoms with E-state index in [1.165, 1.54) is 18.3 Å². The van der Waals surface area contributed by atoms with Gasteiger partial charge in [0.05, 0.1) is 23.1 Å². The van der Waals surface area contributed by atoms with Gasteiger partial charge in [-0.15, -0.1) is 0 Å². The van der Waals surface area contributed by atoms with Crippen molar-refractivity contribution in [1.29, 1.82) is 0 Å². The van der Waals surface area contributed by atoms with E-state index in [2.05, 4.69) is 20.6 Å². The zero-order valence-corrected chi connectivity index (χ0v) is 14.4. The molecule has 5 nitrogen and oxygen atoms in total. The lowest BCUT2D eigenvalue weighted by molar-refractivity contribution is 0.102. The summed E-state index contributed by atoms with van der Waals surface area (Å²) in [7, 11) is 0. The first-order chi connectivity index (χ1) is 12.4. The van der Waals surface area contributed by atoms with E-state index in [1.54, 1.807) is 12.1 Å². The van der Waals surface area contributed by atoms with Gasteiger partial charge in [-0.25, -0.2) is 18.7 Å². The Morgan fingerprint density at radius 2 is 1.73 bits per heavy atom. The normalized spacial score (nSPS) is 10.5. The molecule has 0 atom stereocenters. The standard InChI is InChI=1S/C17H10Cl2F2N4O/c18-9-4-5-10(19)13(6-9)24-17(26)14-7-23-15(8-22-14)25-16-11(20)2-1-3-12(16)21/h1-8H,(H,23,25)(H,24,26). The molecule has 9 heteroatoms. The van der Waals surface area contributed by atoms with E-state index < -0.39 is 17.5 Å². The number of carbonyl (C=O) groups excluding carboxylic acids is 1. The number of carbonyl (C=O) groups is 1. The number of para-hydroxylation sites is 1. The summed E-state index contributed by atoms with van der Waals surface area (Å²) in [5, 5.41) is 5.75. The molecule has 0 saturated heterocycles. The molecule has 0 aliphatic rings. The van der Waals surface area contributed by atoms with Crippen LogP contribution in [0.5, 0.6) is 0 Å². The van der Waals surface area contributed by atoms with Crippen LogP contribution in [0.1, 0.15) is 10.5 Å². The molecule has 3 rings (SSSR count). The first-order valence-corrected chi connectivity index (χ1v) is 7.99. The van der Waals surface area contributed by atoms with Crippen molar-refractivity contribution < 1.29 is 13.6 Å². The van der Waals surface area contributed by atoms with Crippen molar-refractivity contribution in [3.05, 3.63) is 76.2 Å². The third-order valence-corrected chi connectivity index (χ3v) is 3.84. The Morgan fingerprint density at radius 3 is 2.38 bits per heavy atom. The molecular formula is C17H10Cl2F2N4O.